The minimum atomic E-state index is -0.0761. The highest BCUT2D eigenvalue weighted by Crippen LogP contribution is 2.16. The van der Waals surface area contributed by atoms with Crippen molar-refractivity contribution in [2.45, 2.75) is 27.7 Å². The van der Waals surface area contributed by atoms with E-state index in [1.165, 1.54) is 6.92 Å². The number of hydrogen-bond acceptors (Lipinski definition) is 4. The van der Waals surface area contributed by atoms with Crippen molar-refractivity contribution in [2.24, 2.45) is 4.99 Å². The fourth-order valence-electron chi connectivity index (χ4n) is 1.35. The van der Waals surface area contributed by atoms with Crippen LogP contribution in [0.15, 0.2) is 29.0 Å². The number of pyridine rings is 1. The minimum Gasteiger partial charge on any atom is -0.456 e. The van der Waals surface area contributed by atoms with Crippen LogP contribution >= 0.6 is 0 Å². The number of ether oxygens (including phenoxy) is 1. The first-order chi connectivity index (χ1) is 8.56. The largest absolute Gasteiger partial charge is 0.456 e. The van der Waals surface area contributed by atoms with Gasteiger partial charge in [0, 0.05) is 31.3 Å². The summed E-state index contributed by atoms with van der Waals surface area (Å²) < 4.78 is 5.66. The van der Waals surface area contributed by atoms with Crippen molar-refractivity contribution < 1.29 is 9.53 Å². The first kappa shape index (κ1) is 14.1. The third-order valence-corrected chi connectivity index (χ3v) is 2.21. The van der Waals surface area contributed by atoms with E-state index in [2.05, 4.69) is 9.98 Å². The molecule has 0 atom stereocenters. The summed E-state index contributed by atoms with van der Waals surface area (Å²) in [5.74, 6) is 1.17. The van der Waals surface area contributed by atoms with Gasteiger partial charge in [-0.3, -0.25) is 9.79 Å². The molecule has 4 nitrogen and oxygen atoms in total. The highest BCUT2D eigenvalue weighted by Gasteiger charge is 2.06. The summed E-state index contributed by atoms with van der Waals surface area (Å²) in [6.07, 6.45) is 3.49. The molecule has 1 rings (SSSR count). The summed E-state index contributed by atoms with van der Waals surface area (Å²) in [6.45, 7) is 7.84. The molecule has 0 unspecified atom stereocenters. The summed E-state index contributed by atoms with van der Waals surface area (Å²) >= 11 is 0. The Balaban J connectivity index is 2.96. The monoisotopic (exact) mass is 246 g/mol. The van der Waals surface area contributed by atoms with Crippen LogP contribution in [-0.4, -0.2) is 23.5 Å². The van der Waals surface area contributed by atoms with Crippen LogP contribution in [0, 0.1) is 6.92 Å². The molecule has 0 radical (unpaired) electrons. The Bertz CT molecular complexity index is 491. The molecule has 0 saturated heterocycles. The Kier molecular flexibility index (Phi) is 5.24. The van der Waals surface area contributed by atoms with Gasteiger partial charge in [0.2, 0.25) is 0 Å². The maximum atomic E-state index is 11.3. The second kappa shape index (κ2) is 6.69. The van der Waals surface area contributed by atoms with E-state index in [4.69, 9.17) is 4.74 Å². The lowest BCUT2D eigenvalue weighted by Gasteiger charge is -2.07. The number of hydrogen-bond donors (Lipinski definition) is 0. The molecule has 4 heteroatoms. The smallest absolute Gasteiger partial charge is 0.178 e. The maximum Gasteiger partial charge on any atom is 0.178 e. The fourth-order valence-corrected chi connectivity index (χ4v) is 1.35. The highest BCUT2D eigenvalue weighted by atomic mass is 16.5. The molecule has 96 valence electrons. The molecular weight excluding hydrogens is 228 g/mol. The van der Waals surface area contributed by atoms with Crippen LogP contribution < -0.4 is 4.74 Å². The molecule has 0 saturated carbocycles. The van der Waals surface area contributed by atoms with Crippen molar-refractivity contribution in [1.29, 1.82) is 0 Å². The van der Waals surface area contributed by atoms with E-state index in [9.17, 15) is 4.79 Å². The average Bonchev–Trinajstić information content (AvgIpc) is 2.33. The van der Waals surface area contributed by atoms with Gasteiger partial charge in [-0.25, -0.2) is 4.98 Å². The number of Topliss-reactive ketones (excluding diaryl/α,β-unsaturated/α-hetero) is 1. The van der Waals surface area contributed by atoms with Gasteiger partial charge >= 0.3 is 0 Å². The highest BCUT2D eigenvalue weighted by molar-refractivity contribution is 5.92. The standard InChI is InChI=1S/C14H18N2O2/c1-5-12(9-15-6-2)18-13-7-10(3)16-14(8-13)11(4)17/h5,7-9H,6H2,1-4H3. The fraction of sp³-hybridized carbons (Fsp3) is 0.357. The van der Waals surface area contributed by atoms with Gasteiger partial charge in [0.15, 0.2) is 5.78 Å². The molecule has 0 amide bonds. The predicted octanol–water partition coefficient (Wildman–Crippen LogP) is 2.97. The Morgan fingerprint density at radius 3 is 2.78 bits per heavy atom. The molecule has 18 heavy (non-hydrogen) atoms. The lowest BCUT2D eigenvalue weighted by atomic mass is 10.2. The number of aryl methyl sites for hydroxylation is 1. The predicted molar refractivity (Wildman–Crippen MR) is 72.4 cm³/mol. The van der Waals surface area contributed by atoms with E-state index < -0.39 is 0 Å². The number of carbonyl (C=O) groups excluding carboxylic acids is 1. The molecule has 1 heterocycles. The molecular formula is C14H18N2O2. The number of aliphatic imine (C=N–C) groups is 1. The first-order valence-corrected chi connectivity index (χ1v) is 5.90. The molecule has 0 aromatic carbocycles. The van der Waals surface area contributed by atoms with Crippen molar-refractivity contribution >= 4 is 12.0 Å². The lowest BCUT2D eigenvalue weighted by Crippen LogP contribution is -2.02. The van der Waals surface area contributed by atoms with Gasteiger partial charge in [0.25, 0.3) is 0 Å². The van der Waals surface area contributed by atoms with Crippen LogP contribution in [0.4, 0.5) is 0 Å². The van der Waals surface area contributed by atoms with Crippen molar-refractivity contribution in [3.05, 3.63) is 35.4 Å². The Morgan fingerprint density at radius 1 is 1.50 bits per heavy atom. The van der Waals surface area contributed by atoms with Gasteiger partial charge in [-0.2, -0.15) is 0 Å². The third-order valence-electron chi connectivity index (χ3n) is 2.21. The van der Waals surface area contributed by atoms with Crippen molar-refractivity contribution in [3.63, 3.8) is 0 Å². The van der Waals surface area contributed by atoms with Crippen molar-refractivity contribution in [3.8, 4) is 5.75 Å². The number of aromatic nitrogens is 1. The van der Waals surface area contributed by atoms with E-state index in [-0.39, 0.29) is 5.78 Å². The summed E-state index contributed by atoms with van der Waals surface area (Å²) in [7, 11) is 0. The molecule has 0 fully saturated rings. The molecule has 1 aromatic heterocycles. The van der Waals surface area contributed by atoms with Gasteiger partial charge in [0.1, 0.15) is 17.2 Å². The Morgan fingerprint density at radius 2 is 2.22 bits per heavy atom. The van der Waals surface area contributed by atoms with Gasteiger partial charge in [-0.15, -0.1) is 0 Å². The van der Waals surface area contributed by atoms with E-state index in [1.807, 2.05) is 26.8 Å². The van der Waals surface area contributed by atoms with Gasteiger partial charge in [-0.05, 0) is 26.8 Å². The van der Waals surface area contributed by atoms with Crippen molar-refractivity contribution in [2.75, 3.05) is 6.54 Å². The van der Waals surface area contributed by atoms with Crippen LogP contribution in [0.3, 0.4) is 0 Å². The molecule has 0 aliphatic carbocycles. The summed E-state index contributed by atoms with van der Waals surface area (Å²) in [5.41, 5.74) is 1.16. The quantitative estimate of drug-likeness (QED) is 0.456. The third kappa shape index (κ3) is 4.13. The molecule has 0 aliphatic rings. The lowest BCUT2D eigenvalue weighted by molar-refractivity contribution is 0.101. The number of nitrogens with zero attached hydrogens (tertiary/aromatic N) is 2. The summed E-state index contributed by atoms with van der Waals surface area (Å²) in [5, 5.41) is 0. The second-order valence-corrected chi connectivity index (χ2v) is 3.81. The molecule has 0 bridgehead atoms. The van der Waals surface area contributed by atoms with Gasteiger partial charge in [0.05, 0.1) is 6.21 Å². The van der Waals surface area contributed by atoms with Crippen LogP contribution in [0.5, 0.6) is 5.75 Å². The van der Waals surface area contributed by atoms with E-state index in [0.717, 1.165) is 5.69 Å². The molecule has 0 aliphatic heterocycles. The summed E-state index contributed by atoms with van der Waals surface area (Å²) in [4.78, 5) is 19.6. The molecule has 0 spiro atoms. The van der Waals surface area contributed by atoms with E-state index >= 15 is 0 Å². The molecule has 0 N–H and O–H groups in total. The number of rotatable bonds is 5. The van der Waals surface area contributed by atoms with Crippen LogP contribution in [0.2, 0.25) is 0 Å². The summed E-state index contributed by atoms with van der Waals surface area (Å²) in [6, 6.07) is 3.42. The minimum absolute atomic E-state index is 0.0761. The first-order valence-electron chi connectivity index (χ1n) is 5.90. The normalized spacial score (nSPS) is 11.9. The van der Waals surface area contributed by atoms with E-state index in [1.54, 1.807) is 18.3 Å². The number of allylic oxidation sites excluding steroid dienone is 2. The second-order valence-electron chi connectivity index (χ2n) is 3.81. The molecule has 1 aromatic rings. The van der Waals surface area contributed by atoms with Crippen LogP contribution in [0.25, 0.3) is 0 Å². The number of ketones is 1. The van der Waals surface area contributed by atoms with E-state index in [0.29, 0.717) is 23.7 Å². The average molecular weight is 246 g/mol. The zero-order chi connectivity index (χ0) is 13.5. The Labute approximate surface area is 107 Å². The van der Waals surface area contributed by atoms with Gasteiger partial charge < -0.3 is 4.74 Å². The Hall–Kier alpha value is -1.97. The maximum absolute atomic E-state index is 11.3. The zero-order valence-electron chi connectivity index (χ0n) is 11.2. The SMILES string of the molecule is CC=C(C=NCC)Oc1cc(C)nc(C(C)=O)c1. The van der Waals surface area contributed by atoms with Gasteiger partial charge in [-0.1, -0.05) is 0 Å². The topological polar surface area (TPSA) is 51.6 Å². The van der Waals surface area contributed by atoms with Crippen molar-refractivity contribution in [1.82, 2.24) is 4.98 Å². The number of carbonyl (C=O) groups is 1. The van der Waals surface area contributed by atoms with Crippen LogP contribution in [0.1, 0.15) is 37.0 Å². The van der Waals surface area contributed by atoms with Crippen LogP contribution in [-0.2, 0) is 0 Å². The zero-order valence-corrected chi connectivity index (χ0v) is 11.2.